The summed E-state index contributed by atoms with van der Waals surface area (Å²) in [7, 11) is 0. The first-order chi connectivity index (χ1) is 14.0. The van der Waals surface area contributed by atoms with Gasteiger partial charge >= 0.3 is 0 Å². The highest BCUT2D eigenvalue weighted by Gasteiger charge is 2.09. The van der Waals surface area contributed by atoms with E-state index in [2.05, 4.69) is 16.0 Å². The summed E-state index contributed by atoms with van der Waals surface area (Å²) in [5, 5.41) is 8.08. The average Bonchev–Trinajstić information content (AvgIpc) is 3.26. The largest absolute Gasteiger partial charge is 0.472 e. The molecule has 0 spiro atoms. The first-order valence-electron chi connectivity index (χ1n) is 9.05. The third-order valence-electron chi connectivity index (χ3n) is 4.18. The Balaban J connectivity index is 1.49. The minimum Gasteiger partial charge on any atom is -0.472 e. The van der Waals surface area contributed by atoms with Crippen molar-refractivity contribution < 1.29 is 18.8 Å². The molecule has 1 heterocycles. The third-order valence-corrected chi connectivity index (χ3v) is 4.18. The second-order valence-corrected chi connectivity index (χ2v) is 6.49. The minimum absolute atomic E-state index is 0.145. The molecule has 1 aromatic heterocycles. The summed E-state index contributed by atoms with van der Waals surface area (Å²) >= 11 is 0. The van der Waals surface area contributed by atoms with Gasteiger partial charge in [-0.3, -0.25) is 14.4 Å². The van der Waals surface area contributed by atoms with Crippen LogP contribution in [-0.4, -0.2) is 24.3 Å². The van der Waals surface area contributed by atoms with Gasteiger partial charge in [0.1, 0.15) is 6.26 Å². The lowest BCUT2D eigenvalue weighted by Gasteiger charge is -2.09. The van der Waals surface area contributed by atoms with Crippen molar-refractivity contribution in [2.24, 2.45) is 0 Å². The van der Waals surface area contributed by atoms with Crippen molar-refractivity contribution in [1.29, 1.82) is 0 Å². The average molecular weight is 391 g/mol. The van der Waals surface area contributed by atoms with Crippen molar-refractivity contribution in [2.45, 2.75) is 13.5 Å². The topological polar surface area (TPSA) is 100 Å². The molecule has 148 valence electrons. The van der Waals surface area contributed by atoms with Crippen LogP contribution in [0.1, 0.15) is 31.8 Å². The maximum absolute atomic E-state index is 12.3. The monoisotopic (exact) mass is 391 g/mol. The fourth-order valence-corrected chi connectivity index (χ4v) is 2.59. The molecule has 0 fully saturated rings. The summed E-state index contributed by atoms with van der Waals surface area (Å²) < 4.78 is 4.83. The lowest BCUT2D eigenvalue weighted by atomic mass is 10.1. The van der Waals surface area contributed by atoms with Gasteiger partial charge in [0.05, 0.1) is 18.4 Å². The predicted molar refractivity (Wildman–Crippen MR) is 108 cm³/mol. The van der Waals surface area contributed by atoms with E-state index in [0.29, 0.717) is 16.8 Å². The molecular formula is C22H21N3O4. The number of rotatable bonds is 7. The van der Waals surface area contributed by atoms with Gasteiger partial charge in [-0.25, -0.2) is 0 Å². The highest BCUT2D eigenvalue weighted by molar-refractivity contribution is 6.04. The number of carbonyl (C=O) groups excluding carboxylic acids is 3. The molecule has 3 rings (SSSR count). The number of anilines is 1. The maximum atomic E-state index is 12.3. The number of benzene rings is 2. The fraction of sp³-hybridized carbons (Fsp3) is 0.136. The summed E-state index contributed by atoms with van der Waals surface area (Å²) in [5.74, 6) is -0.904. The van der Waals surface area contributed by atoms with Crippen LogP contribution >= 0.6 is 0 Å². The normalized spacial score (nSPS) is 10.2. The number of carbonyl (C=O) groups is 3. The molecule has 3 amide bonds. The van der Waals surface area contributed by atoms with Gasteiger partial charge in [-0.05, 0) is 42.8 Å². The first kappa shape index (κ1) is 19.9. The second kappa shape index (κ2) is 9.36. The van der Waals surface area contributed by atoms with Crippen molar-refractivity contribution in [2.75, 3.05) is 11.9 Å². The standard InChI is InChI=1S/C22H21N3O4/c1-15-5-7-17(8-6-15)22(28)25-19-4-2-3-16(11-19)12-23-20(26)13-24-21(27)18-9-10-29-14-18/h2-11,14H,12-13H2,1H3,(H,23,26)(H,24,27)(H,25,28). The second-order valence-electron chi connectivity index (χ2n) is 6.49. The molecule has 0 aliphatic rings. The zero-order chi connectivity index (χ0) is 20.6. The molecule has 0 atom stereocenters. The molecular weight excluding hydrogens is 370 g/mol. The quantitative estimate of drug-likeness (QED) is 0.576. The van der Waals surface area contributed by atoms with Crippen LogP contribution in [-0.2, 0) is 11.3 Å². The van der Waals surface area contributed by atoms with E-state index >= 15 is 0 Å². The SMILES string of the molecule is Cc1ccc(C(=O)Nc2cccc(CNC(=O)CNC(=O)c3ccoc3)c2)cc1. The van der Waals surface area contributed by atoms with Crippen LogP contribution in [0, 0.1) is 6.92 Å². The third kappa shape index (κ3) is 5.80. The smallest absolute Gasteiger partial charge is 0.255 e. The summed E-state index contributed by atoms with van der Waals surface area (Å²) in [6.07, 6.45) is 2.70. The molecule has 0 saturated carbocycles. The number of aryl methyl sites for hydroxylation is 1. The molecule has 3 N–H and O–H groups in total. The van der Waals surface area contributed by atoms with Crippen LogP contribution < -0.4 is 16.0 Å². The molecule has 7 heteroatoms. The summed E-state index contributed by atoms with van der Waals surface area (Å²) in [6.45, 7) is 2.09. The zero-order valence-corrected chi connectivity index (χ0v) is 15.9. The van der Waals surface area contributed by atoms with Gasteiger partial charge < -0.3 is 20.4 Å². The van der Waals surface area contributed by atoms with Crippen molar-refractivity contribution >= 4 is 23.4 Å². The Labute approximate surface area is 168 Å². The van der Waals surface area contributed by atoms with Gasteiger partial charge in [0, 0.05) is 17.8 Å². The number of furan rings is 1. The maximum Gasteiger partial charge on any atom is 0.255 e. The predicted octanol–water partition coefficient (Wildman–Crippen LogP) is 2.89. The van der Waals surface area contributed by atoms with Gasteiger partial charge in [0.25, 0.3) is 11.8 Å². The fourth-order valence-electron chi connectivity index (χ4n) is 2.59. The van der Waals surface area contributed by atoms with Crippen LogP contribution in [0.15, 0.2) is 71.5 Å². The lowest BCUT2D eigenvalue weighted by Crippen LogP contribution is -2.36. The van der Waals surface area contributed by atoms with E-state index in [1.807, 2.05) is 25.1 Å². The summed E-state index contributed by atoms with van der Waals surface area (Å²) in [5.41, 5.74) is 3.47. The van der Waals surface area contributed by atoms with Gasteiger partial charge in [-0.2, -0.15) is 0 Å². The Morgan fingerprint density at radius 1 is 0.897 bits per heavy atom. The Hall–Kier alpha value is -3.87. The number of hydrogen-bond donors (Lipinski definition) is 3. The van der Waals surface area contributed by atoms with E-state index in [-0.39, 0.29) is 30.8 Å². The van der Waals surface area contributed by atoms with Crippen LogP contribution in [0.5, 0.6) is 0 Å². The van der Waals surface area contributed by atoms with E-state index in [9.17, 15) is 14.4 Å². The molecule has 3 aromatic rings. The molecule has 0 bridgehead atoms. The molecule has 2 aromatic carbocycles. The van der Waals surface area contributed by atoms with E-state index in [1.165, 1.54) is 18.6 Å². The molecule has 0 aliphatic carbocycles. The summed E-state index contributed by atoms with van der Waals surface area (Å²) in [4.78, 5) is 36.0. The molecule has 7 nitrogen and oxygen atoms in total. The number of nitrogens with one attached hydrogen (secondary N) is 3. The number of amides is 3. The lowest BCUT2D eigenvalue weighted by molar-refractivity contribution is -0.120. The van der Waals surface area contributed by atoms with Gasteiger partial charge in [-0.1, -0.05) is 29.8 Å². The van der Waals surface area contributed by atoms with Crippen LogP contribution in [0.2, 0.25) is 0 Å². The van der Waals surface area contributed by atoms with Crippen molar-refractivity contribution in [3.63, 3.8) is 0 Å². The van der Waals surface area contributed by atoms with E-state index in [1.54, 1.807) is 30.3 Å². The number of hydrogen-bond acceptors (Lipinski definition) is 4. The molecule has 0 saturated heterocycles. The van der Waals surface area contributed by atoms with E-state index in [4.69, 9.17) is 4.42 Å². The van der Waals surface area contributed by atoms with E-state index in [0.717, 1.165) is 11.1 Å². The van der Waals surface area contributed by atoms with Gasteiger partial charge in [-0.15, -0.1) is 0 Å². The zero-order valence-electron chi connectivity index (χ0n) is 15.9. The Kier molecular flexibility index (Phi) is 6.42. The minimum atomic E-state index is -0.380. The highest BCUT2D eigenvalue weighted by atomic mass is 16.3. The first-order valence-corrected chi connectivity index (χ1v) is 9.05. The van der Waals surface area contributed by atoms with Crippen molar-refractivity contribution in [3.05, 3.63) is 89.4 Å². The Bertz CT molecular complexity index is 995. The van der Waals surface area contributed by atoms with Crippen LogP contribution in [0.25, 0.3) is 0 Å². The van der Waals surface area contributed by atoms with Gasteiger partial charge in [0.2, 0.25) is 5.91 Å². The van der Waals surface area contributed by atoms with Crippen LogP contribution in [0.4, 0.5) is 5.69 Å². The van der Waals surface area contributed by atoms with Gasteiger partial charge in [0.15, 0.2) is 0 Å². The highest BCUT2D eigenvalue weighted by Crippen LogP contribution is 2.13. The Morgan fingerprint density at radius 3 is 2.41 bits per heavy atom. The van der Waals surface area contributed by atoms with Crippen molar-refractivity contribution in [1.82, 2.24) is 10.6 Å². The molecule has 29 heavy (non-hydrogen) atoms. The van der Waals surface area contributed by atoms with Crippen LogP contribution in [0.3, 0.4) is 0 Å². The van der Waals surface area contributed by atoms with E-state index < -0.39 is 0 Å². The summed E-state index contributed by atoms with van der Waals surface area (Å²) in [6, 6.07) is 16.0. The van der Waals surface area contributed by atoms with Crippen molar-refractivity contribution in [3.8, 4) is 0 Å². The Morgan fingerprint density at radius 2 is 1.69 bits per heavy atom. The molecule has 0 unspecified atom stereocenters. The molecule has 0 aliphatic heterocycles. The molecule has 0 radical (unpaired) electrons.